The third-order valence-corrected chi connectivity index (χ3v) is 4.29. The van der Waals surface area contributed by atoms with Crippen LogP contribution in [0.3, 0.4) is 0 Å². The summed E-state index contributed by atoms with van der Waals surface area (Å²) in [4.78, 5) is 12.3. The van der Waals surface area contributed by atoms with Crippen molar-refractivity contribution in [2.24, 2.45) is 5.16 Å². The zero-order valence-corrected chi connectivity index (χ0v) is 12.7. The van der Waals surface area contributed by atoms with E-state index >= 15 is 0 Å². The van der Waals surface area contributed by atoms with Crippen LogP contribution in [0.2, 0.25) is 0 Å². The van der Waals surface area contributed by atoms with Gasteiger partial charge < -0.3 is 15.1 Å². The first-order chi connectivity index (χ1) is 11.7. The van der Waals surface area contributed by atoms with E-state index < -0.39 is 0 Å². The Labute approximate surface area is 137 Å². The number of nitrogens with one attached hydrogen (secondary N) is 1. The van der Waals surface area contributed by atoms with Crippen LogP contribution in [0.4, 0.5) is 4.39 Å². The predicted octanol–water partition coefficient (Wildman–Crippen LogP) is 3.00. The summed E-state index contributed by atoms with van der Waals surface area (Å²) < 4.78 is 15.3. The second kappa shape index (κ2) is 5.49. The average molecular weight is 323 g/mol. The molecule has 1 aromatic heterocycles. The van der Waals surface area contributed by atoms with Gasteiger partial charge in [-0.25, -0.2) is 4.39 Å². The van der Waals surface area contributed by atoms with Crippen LogP contribution in [-0.4, -0.2) is 28.4 Å². The van der Waals surface area contributed by atoms with E-state index in [4.69, 9.17) is 5.21 Å². The van der Waals surface area contributed by atoms with Crippen LogP contribution >= 0.6 is 0 Å². The third kappa shape index (κ3) is 2.07. The maximum atomic E-state index is 13.3. The number of nitrogens with zero attached hydrogens (tertiary/aromatic N) is 2. The van der Waals surface area contributed by atoms with E-state index in [0.717, 1.165) is 22.2 Å². The molecule has 0 radical (unpaired) electrons. The summed E-state index contributed by atoms with van der Waals surface area (Å²) in [5, 5.41) is 16.0. The fourth-order valence-electron chi connectivity index (χ4n) is 3.33. The van der Waals surface area contributed by atoms with Gasteiger partial charge >= 0.3 is 0 Å². The minimum atomic E-state index is -0.319. The van der Waals surface area contributed by atoms with Crippen molar-refractivity contribution in [1.29, 1.82) is 0 Å². The van der Waals surface area contributed by atoms with Gasteiger partial charge in [-0.2, -0.15) is 0 Å². The molecule has 0 bridgehead atoms. The van der Waals surface area contributed by atoms with Gasteiger partial charge in [0.25, 0.3) is 5.91 Å². The Hall–Kier alpha value is -3.15. The van der Waals surface area contributed by atoms with Crippen LogP contribution in [0, 0.1) is 5.82 Å². The summed E-state index contributed by atoms with van der Waals surface area (Å²) >= 11 is 0. The topological polar surface area (TPSA) is 66.6 Å². The van der Waals surface area contributed by atoms with Gasteiger partial charge in [-0.05, 0) is 35.9 Å². The molecule has 0 saturated carbocycles. The molecule has 4 rings (SSSR count). The number of para-hydroxylation sites is 1. The maximum Gasteiger partial charge on any atom is 0.253 e. The van der Waals surface area contributed by atoms with Crippen LogP contribution in [0.15, 0.2) is 47.6 Å². The maximum absolute atomic E-state index is 13.3. The van der Waals surface area contributed by atoms with Gasteiger partial charge in [0, 0.05) is 24.0 Å². The average Bonchev–Trinajstić information content (AvgIpc) is 2.79. The zero-order chi connectivity index (χ0) is 16.7. The Morgan fingerprint density at radius 1 is 1.21 bits per heavy atom. The highest BCUT2D eigenvalue weighted by molar-refractivity contribution is 6.14. The number of carbonyl (C=O) groups excluding carboxylic acids is 1. The molecule has 0 atom stereocenters. The van der Waals surface area contributed by atoms with Crippen molar-refractivity contribution in [3.63, 3.8) is 0 Å². The van der Waals surface area contributed by atoms with Crippen LogP contribution in [0.1, 0.15) is 15.9 Å². The Morgan fingerprint density at radius 3 is 2.75 bits per heavy atom. The Morgan fingerprint density at radius 2 is 2.00 bits per heavy atom. The number of oxime groups is 1. The highest BCUT2D eigenvalue weighted by atomic mass is 19.1. The van der Waals surface area contributed by atoms with Crippen molar-refractivity contribution >= 4 is 23.0 Å². The van der Waals surface area contributed by atoms with Crippen LogP contribution < -0.4 is 5.32 Å². The lowest BCUT2D eigenvalue weighted by Gasteiger charge is -2.10. The summed E-state index contributed by atoms with van der Waals surface area (Å²) in [6, 6.07) is 11.6. The third-order valence-electron chi connectivity index (χ3n) is 4.29. The Kier molecular flexibility index (Phi) is 3.30. The summed E-state index contributed by atoms with van der Waals surface area (Å²) in [6.07, 6.45) is 1.36. The molecular formula is C18H14FN3O2. The van der Waals surface area contributed by atoms with Gasteiger partial charge in [0.05, 0.1) is 23.0 Å². The van der Waals surface area contributed by atoms with E-state index in [1.54, 1.807) is 24.3 Å². The number of hydrogen-bond donors (Lipinski definition) is 2. The highest BCUT2D eigenvalue weighted by Crippen LogP contribution is 2.35. The number of hydrogen-bond acceptors (Lipinski definition) is 3. The molecule has 6 heteroatoms. The van der Waals surface area contributed by atoms with Crippen molar-refractivity contribution in [3.05, 3.63) is 59.4 Å². The van der Waals surface area contributed by atoms with Crippen molar-refractivity contribution in [3.8, 4) is 11.3 Å². The predicted molar refractivity (Wildman–Crippen MR) is 89.0 cm³/mol. The lowest BCUT2D eigenvalue weighted by molar-refractivity contribution is 0.0956. The van der Waals surface area contributed by atoms with Crippen molar-refractivity contribution < 1.29 is 14.4 Å². The second-order valence-corrected chi connectivity index (χ2v) is 5.62. The largest absolute Gasteiger partial charge is 0.411 e. The standard InChI is InChI=1S/C18H14FN3O2/c19-12-6-4-11(5-7-12)16-15(10-21-24)13-2-1-3-14-17(13)22(16)9-8-20-18(14)23/h1-7,10,24H,8-9H2,(H,20,23). The van der Waals surface area contributed by atoms with Crippen LogP contribution in [-0.2, 0) is 6.54 Å². The van der Waals surface area contributed by atoms with Crippen molar-refractivity contribution in [2.45, 2.75) is 6.54 Å². The van der Waals surface area contributed by atoms with Gasteiger partial charge in [-0.1, -0.05) is 17.3 Å². The summed E-state index contributed by atoms with van der Waals surface area (Å²) in [7, 11) is 0. The molecule has 0 aliphatic carbocycles. The van der Waals surface area contributed by atoms with E-state index in [2.05, 4.69) is 10.5 Å². The van der Waals surface area contributed by atoms with E-state index in [1.807, 2.05) is 10.6 Å². The van der Waals surface area contributed by atoms with Gasteiger partial charge in [-0.3, -0.25) is 4.79 Å². The van der Waals surface area contributed by atoms with Gasteiger partial charge in [0.2, 0.25) is 0 Å². The van der Waals surface area contributed by atoms with E-state index in [-0.39, 0.29) is 11.7 Å². The first kappa shape index (κ1) is 14.4. The Balaban J connectivity index is 2.13. The summed E-state index contributed by atoms with van der Waals surface area (Å²) in [5.41, 5.74) is 3.66. The molecule has 0 fully saturated rings. The number of halogens is 1. The quantitative estimate of drug-likeness (QED) is 0.432. The van der Waals surface area contributed by atoms with Gasteiger partial charge in [0.15, 0.2) is 0 Å². The molecule has 2 heterocycles. The molecule has 1 aliphatic heterocycles. The molecule has 2 N–H and O–H groups in total. The molecule has 0 saturated heterocycles. The Bertz CT molecular complexity index is 974. The molecule has 5 nitrogen and oxygen atoms in total. The SMILES string of the molecule is O=C1NCCn2c(-c3ccc(F)cc3)c(C=NO)c3cccc1c32. The van der Waals surface area contributed by atoms with Crippen molar-refractivity contribution in [2.75, 3.05) is 6.54 Å². The highest BCUT2D eigenvalue weighted by Gasteiger charge is 2.24. The second-order valence-electron chi connectivity index (χ2n) is 5.62. The molecule has 1 aliphatic rings. The van der Waals surface area contributed by atoms with Crippen molar-refractivity contribution in [1.82, 2.24) is 9.88 Å². The molecular weight excluding hydrogens is 309 g/mol. The summed E-state index contributed by atoms with van der Waals surface area (Å²) in [6.45, 7) is 1.06. The molecule has 24 heavy (non-hydrogen) atoms. The minimum Gasteiger partial charge on any atom is -0.411 e. The molecule has 120 valence electrons. The number of carbonyl (C=O) groups is 1. The molecule has 0 spiro atoms. The van der Waals surface area contributed by atoms with E-state index in [0.29, 0.717) is 24.2 Å². The molecule has 1 amide bonds. The van der Waals surface area contributed by atoms with Gasteiger partial charge in [0.1, 0.15) is 5.82 Å². The number of rotatable bonds is 2. The monoisotopic (exact) mass is 323 g/mol. The number of amides is 1. The molecule has 3 aromatic rings. The molecule has 0 unspecified atom stereocenters. The molecule has 2 aromatic carbocycles. The normalized spacial score (nSPS) is 14.1. The number of aromatic nitrogens is 1. The first-order valence-electron chi connectivity index (χ1n) is 7.57. The zero-order valence-electron chi connectivity index (χ0n) is 12.7. The minimum absolute atomic E-state index is 0.130. The van der Waals surface area contributed by atoms with Crippen LogP contribution in [0.5, 0.6) is 0 Å². The first-order valence-corrected chi connectivity index (χ1v) is 7.57. The summed E-state index contributed by atoms with van der Waals surface area (Å²) in [5.74, 6) is -0.448. The van der Waals surface area contributed by atoms with Crippen LogP contribution in [0.25, 0.3) is 22.2 Å². The fourth-order valence-corrected chi connectivity index (χ4v) is 3.33. The lowest BCUT2D eigenvalue weighted by Crippen LogP contribution is -2.24. The van der Waals surface area contributed by atoms with Gasteiger partial charge in [-0.15, -0.1) is 0 Å². The lowest BCUT2D eigenvalue weighted by atomic mass is 10.0. The fraction of sp³-hybridized carbons (Fsp3) is 0.111. The van der Waals surface area contributed by atoms with E-state index in [9.17, 15) is 9.18 Å². The number of benzene rings is 2. The van der Waals surface area contributed by atoms with E-state index in [1.165, 1.54) is 18.3 Å². The smallest absolute Gasteiger partial charge is 0.253 e.